The molecule has 0 aliphatic carbocycles. The second-order valence-electron chi connectivity index (χ2n) is 2.75. The summed E-state index contributed by atoms with van der Waals surface area (Å²) in [6, 6.07) is 0. The average Bonchev–Trinajstić information content (AvgIpc) is 2.22. The van der Waals surface area contributed by atoms with Gasteiger partial charge in [-0.15, -0.1) is 0 Å². The maximum Gasteiger partial charge on any atom is 0.508 e. The molecule has 0 aromatic carbocycles. The molecular formula is C8H10F6O5. The smallest absolute Gasteiger partial charge is 0.456 e. The second-order valence-corrected chi connectivity index (χ2v) is 2.75. The molecule has 0 atom stereocenters. The maximum atomic E-state index is 11.2. The van der Waals surface area contributed by atoms with Gasteiger partial charge in [0.1, 0.15) is 0 Å². The van der Waals surface area contributed by atoms with Gasteiger partial charge < -0.3 is 14.2 Å². The molecule has 0 heterocycles. The van der Waals surface area contributed by atoms with Crippen LogP contribution in [0.4, 0.5) is 31.1 Å². The van der Waals surface area contributed by atoms with Gasteiger partial charge in [-0.25, -0.2) is 4.79 Å². The van der Waals surface area contributed by atoms with Crippen molar-refractivity contribution in [2.24, 2.45) is 0 Å². The van der Waals surface area contributed by atoms with Crippen LogP contribution in [0.1, 0.15) is 6.92 Å². The normalized spacial score (nSPS) is 10.9. The first-order valence-corrected chi connectivity index (χ1v) is 4.35. The van der Waals surface area contributed by atoms with E-state index in [1.807, 2.05) is 0 Å². The van der Waals surface area contributed by atoms with Crippen molar-refractivity contribution in [3.63, 3.8) is 0 Å². The molecule has 11 heteroatoms. The Morgan fingerprint density at radius 1 is 0.895 bits per heavy atom. The second kappa shape index (κ2) is 8.43. The molecule has 0 aromatic heterocycles. The molecule has 0 N–H and O–H groups in total. The van der Waals surface area contributed by atoms with Gasteiger partial charge in [-0.3, -0.25) is 4.79 Å². The summed E-state index contributed by atoms with van der Waals surface area (Å²) in [4.78, 5) is 19.7. The highest BCUT2D eigenvalue weighted by atomic mass is 19.4. The minimum atomic E-state index is -4.49. The van der Waals surface area contributed by atoms with Crippen LogP contribution in [-0.2, 0) is 19.0 Å². The predicted molar refractivity (Wildman–Crippen MR) is 47.1 cm³/mol. The lowest BCUT2D eigenvalue weighted by Crippen LogP contribution is -2.20. The van der Waals surface area contributed by atoms with Gasteiger partial charge in [0, 0.05) is 6.92 Å². The van der Waals surface area contributed by atoms with Crippen molar-refractivity contribution in [2.75, 3.05) is 20.3 Å². The number of carbonyl (C=O) groups is 2. The summed E-state index contributed by atoms with van der Waals surface area (Å²) in [7, 11) is 0.929. The van der Waals surface area contributed by atoms with Gasteiger partial charge in [0.15, 0.2) is 13.2 Å². The monoisotopic (exact) mass is 300 g/mol. The summed E-state index contributed by atoms with van der Waals surface area (Å²) >= 11 is 0. The van der Waals surface area contributed by atoms with Crippen LogP contribution in [0.2, 0.25) is 0 Å². The van der Waals surface area contributed by atoms with Crippen molar-refractivity contribution >= 4 is 12.1 Å². The van der Waals surface area contributed by atoms with E-state index < -0.39 is 37.7 Å². The molecule has 0 amide bonds. The molecular weight excluding hydrogens is 290 g/mol. The Morgan fingerprint density at radius 3 is 1.47 bits per heavy atom. The van der Waals surface area contributed by atoms with E-state index in [1.165, 1.54) is 0 Å². The zero-order valence-corrected chi connectivity index (χ0v) is 9.72. The summed E-state index contributed by atoms with van der Waals surface area (Å²) in [5, 5.41) is 0. The Kier molecular flexibility index (Phi) is 8.72. The topological polar surface area (TPSA) is 61.8 Å². The van der Waals surface area contributed by atoms with Crippen LogP contribution in [0, 0.1) is 0 Å². The Morgan fingerprint density at radius 2 is 1.26 bits per heavy atom. The van der Waals surface area contributed by atoms with Crippen LogP contribution in [0.3, 0.4) is 0 Å². The van der Waals surface area contributed by atoms with Crippen molar-refractivity contribution in [3.05, 3.63) is 0 Å². The van der Waals surface area contributed by atoms with Gasteiger partial charge in [0.25, 0.3) is 0 Å². The van der Waals surface area contributed by atoms with Gasteiger partial charge >= 0.3 is 24.5 Å². The highest BCUT2D eigenvalue weighted by Crippen LogP contribution is 2.14. The zero-order chi connectivity index (χ0) is 15.7. The molecule has 0 bridgehead atoms. The largest absolute Gasteiger partial charge is 0.508 e. The Balaban J connectivity index is 0. The SMILES string of the molecule is CC(=O)OCC(F)(F)F.COC(=O)OCC(F)(F)F. The molecule has 0 aliphatic heterocycles. The number of esters is 1. The fourth-order valence-electron chi connectivity index (χ4n) is 0.383. The predicted octanol–water partition coefficient (Wildman–Crippen LogP) is 2.44. The fourth-order valence-corrected chi connectivity index (χ4v) is 0.383. The highest BCUT2D eigenvalue weighted by molar-refractivity contribution is 5.65. The standard InChI is InChI=1S/C4H5F3O3.C4H5F3O2/c1-9-3(8)10-2-4(5,6)7;1-3(8)9-2-4(5,6)7/h2H2,1H3;2H2,1H3. The minimum absolute atomic E-state index is 0.922. The molecule has 19 heavy (non-hydrogen) atoms. The highest BCUT2D eigenvalue weighted by Gasteiger charge is 2.29. The van der Waals surface area contributed by atoms with E-state index in [-0.39, 0.29) is 0 Å². The van der Waals surface area contributed by atoms with Gasteiger partial charge in [0.2, 0.25) is 0 Å². The van der Waals surface area contributed by atoms with Gasteiger partial charge in [0.05, 0.1) is 7.11 Å². The molecule has 0 unspecified atom stereocenters. The summed E-state index contributed by atoms with van der Waals surface area (Å²) in [5.74, 6) is -0.924. The van der Waals surface area contributed by atoms with Crippen molar-refractivity contribution in [2.45, 2.75) is 19.3 Å². The number of methoxy groups -OCH3 is 1. The molecule has 0 aromatic rings. The van der Waals surface area contributed by atoms with Crippen molar-refractivity contribution in [3.8, 4) is 0 Å². The van der Waals surface area contributed by atoms with Crippen LogP contribution < -0.4 is 0 Å². The molecule has 0 aliphatic rings. The average molecular weight is 300 g/mol. The Labute approximate surface area is 103 Å². The third kappa shape index (κ3) is 22.0. The number of alkyl halides is 6. The number of halogens is 6. The van der Waals surface area contributed by atoms with Crippen molar-refractivity contribution in [1.82, 2.24) is 0 Å². The lowest BCUT2D eigenvalue weighted by molar-refractivity contribution is -0.184. The first kappa shape index (κ1) is 19.7. The van der Waals surface area contributed by atoms with Gasteiger partial charge in [-0.05, 0) is 0 Å². The summed E-state index contributed by atoms with van der Waals surface area (Å²) < 4.78 is 78.1. The first-order chi connectivity index (χ1) is 8.37. The minimum Gasteiger partial charge on any atom is -0.456 e. The molecule has 0 saturated carbocycles. The van der Waals surface area contributed by atoms with Crippen LogP contribution in [0.15, 0.2) is 0 Å². The lowest BCUT2D eigenvalue weighted by atomic mass is 10.7. The van der Waals surface area contributed by atoms with Crippen LogP contribution in [0.25, 0.3) is 0 Å². The number of carbonyl (C=O) groups excluding carboxylic acids is 2. The van der Waals surface area contributed by atoms with Crippen LogP contribution >= 0.6 is 0 Å². The molecule has 0 radical (unpaired) electrons. The zero-order valence-electron chi connectivity index (χ0n) is 9.72. The molecule has 0 rings (SSSR count). The van der Waals surface area contributed by atoms with Crippen LogP contribution in [-0.4, -0.2) is 44.8 Å². The van der Waals surface area contributed by atoms with E-state index in [0.29, 0.717) is 0 Å². The number of hydrogen-bond acceptors (Lipinski definition) is 5. The molecule has 0 spiro atoms. The van der Waals surface area contributed by atoms with E-state index in [0.717, 1.165) is 14.0 Å². The van der Waals surface area contributed by atoms with Gasteiger partial charge in [-0.2, -0.15) is 26.3 Å². The maximum absolute atomic E-state index is 11.2. The lowest BCUT2D eigenvalue weighted by Gasteiger charge is -2.05. The first-order valence-electron chi connectivity index (χ1n) is 4.35. The van der Waals surface area contributed by atoms with E-state index in [9.17, 15) is 35.9 Å². The Hall–Kier alpha value is -1.68. The van der Waals surface area contributed by atoms with E-state index in [2.05, 4.69) is 14.2 Å². The Bertz CT molecular complexity index is 284. The van der Waals surface area contributed by atoms with E-state index in [4.69, 9.17) is 0 Å². The summed E-state index contributed by atoms with van der Waals surface area (Å²) in [6.07, 6.45) is -10.2. The number of ether oxygens (including phenoxy) is 3. The fraction of sp³-hybridized carbons (Fsp3) is 0.750. The number of hydrogen-bond donors (Lipinski definition) is 0. The van der Waals surface area contributed by atoms with E-state index in [1.54, 1.807) is 0 Å². The van der Waals surface area contributed by atoms with Crippen molar-refractivity contribution in [1.29, 1.82) is 0 Å². The summed E-state index contributed by atoms with van der Waals surface area (Å²) in [5.41, 5.74) is 0. The molecule has 114 valence electrons. The molecule has 5 nitrogen and oxygen atoms in total. The molecule has 0 saturated heterocycles. The third-order valence-electron chi connectivity index (χ3n) is 0.959. The van der Waals surface area contributed by atoms with E-state index >= 15 is 0 Å². The molecule has 0 fully saturated rings. The third-order valence-corrected chi connectivity index (χ3v) is 0.959. The van der Waals surface area contributed by atoms with Gasteiger partial charge in [-0.1, -0.05) is 0 Å². The summed E-state index contributed by atoms with van der Waals surface area (Å²) in [6.45, 7) is -2.19. The van der Waals surface area contributed by atoms with Crippen molar-refractivity contribution < 1.29 is 50.1 Å². The van der Waals surface area contributed by atoms with Crippen LogP contribution in [0.5, 0.6) is 0 Å². The quantitative estimate of drug-likeness (QED) is 0.579. The number of rotatable bonds is 2.